The third kappa shape index (κ3) is 4.97. The van der Waals surface area contributed by atoms with Gasteiger partial charge in [-0.05, 0) is 58.0 Å². The van der Waals surface area contributed by atoms with Gasteiger partial charge in [-0.2, -0.15) is 0 Å². The highest BCUT2D eigenvalue weighted by Gasteiger charge is 2.27. The monoisotopic (exact) mass is 255 g/mol. The number of carbonyl (C=O) groups is 1. The van der Waals surface area contributed by atoms with Crippen LogP contribution in [0.2, 0.25) is 0 Å². The second-order valence-electron chi connectivity index (χ2n) is 7.19. The van der Waals surface area contributed by atoms with Crippen LogP contribution in [0.1, 0.15) is 59.8 Å². The van der Waals surface area contributed by atoms with Crippen molar-refractivity contribution in [3.63, 3.8) is 0 Å². The van der Waals surface area contributed by atoms with Crippen LogP contribution >= 0.6 is 0 Å². The standard InChI is InChI=1S/C15H29NO2/c1-14(2)8-7-11-16(12-14)10-6-5-9-15(3,4)13(17)18/h5-12H2,1-4H3,(H,17,18). The third-order valence-electron chi connectivity index (χ3n) is 4.08. The zero-order valence-corrected chi connectivity index (χ0v) is 12.5. The summed E-state index contributed by atoms with van der Waals surface area (Å²) in [6, 6.07) is 0. The molecule has 0 unspecified atom stereocenters. The van der Waals surface area contributed by atoms with Gasteiger partial charge in [0.15, 0.2) is 0 Å². The molecule has 18 heavy (non-hydrogen) atoms. The number of rotatable bonds is 6. The molecule has 1 aliphatic rings. The Labute approximate surface area is 112 Å². The first-order chi connectivity index (χ1) is 8.23. The molecule has 0 aromatic rings. The van der Waals surface area contributed by atoms with Crippen LogP contribution in [-0.4, -0.2) is 35.6 Å². The number of hydrogen-bond donors (Lipinski definition) is 1. The number of nitrogens with zero attached hydrogens (tertiary/aromatic N) is 1. The lowest BCUT2D eigenvalue weighted by atomic mass is 9.84. The van der Waals surface area contributed by atoms with E-state index in [-0.39, 0.29) is 0 Å². The van der Waals surface area contributed by atoms with Gasteiger partial charge < -0.3 is 10.0 Å². The number of hydrogen-bond acceptors (Lipinski definition) is 2. The van der Waals surface area contributed by atoms with Crippen molar-refractivity contribution in [3.05, 3.63) is 0 Å². The molecular weight excluding hydrogens is 226 g/mol. The molecule has 1 N–H and O–H groups in total. The van der Waals surface area contributed by atoms with Crippen LogP contribution < -0.4 is 0 Å². The molecule has 0 aromatic heterocycles. The fourth-order valence-corrected chi connectivity index (χ4v) is 2.74. The highest BCUT2D eigenvalue weighted by Crippen LogP contribution is 2.29. The van der Waals surface area contributed by atoms with E-state index in [1.54, 1.807) is 0 Å². The lowest BCUT2D eigenvalue weighted by molar-refractivity contribution is -0.147. The zero-order valence-electron chi connectivity index (χ0n) is 12.5. The molecule has 3 heteroatoms. The molecule has 1 rings (SSSR count). The maximum absolute atomic E-state index is 11.0. The van der Waals surface area contributed by atoms with Crippen molar-refractivity contribution in [2.45, 2.75) is 59.8 Å². The van der Waals surface area contributed by atoms with Crippen LogP contribution in [-0.2, 0) is 4.79 Å². The second kappa shape index (κ2) is 6.05. The first-order valence-electron chi connectivity index (χ1n) is 7.19. The predicted molar refractivity (Wildman–Crippen MR) is 74.7 cm³/mol. The number of aliphatic carboxylic acids is 1. The van der Waals surface area contributed by atoms with Crippen LogP contribution in [0.15, 0.2) is 0 Å². The molecule has 0 aliphatic carbocycles. The van der Waals surface area contributed by atoms with Crippen molar-refractivity contribution in [2.75, 3.05) is 19.6 Å². The van der Waals surface area contributed by atoms with Crippen molar-refractivity contribution in [1.29, 1.82) is 0 Å². The first kappa shape index (κ1) is 15.5. The average Bonchev–Trinajstić information content (AvgIpc) is 2.23. The zero-order chi connectivity index (χ0) is 13.8. The fourth-order valence-electron chi connectivity index (χ4n) is 2.74. The molecule has 106 valence electrons. The molecule has 1 heterocycles. The number of piperidine rings is 1. The van der Waals surface area contributed by atoms with Gasteiger partial charge in [-0.1, -0.05) is 20.3 Å². The molecule has 0 radical (unpaired) electrons. The van der Waals surface area contributed by atoms with Crippen molar-refractivity contribution >= 4 is 5.97 Å². The minimum absolute atomic E-state index is 0.457. The summed E-state index contributed by atoms with van der Waals surface area (Å²) in [4.78, 5) is 13.5. The van der Waals surface area contributed by atoms with Crippen molar-refractivity contribution in [2.24, 2.45) is 10.8 Å². The molecule has 1 aliphatic heterocycles. The van der Waals surface area contributed by atoms with Gasteiger partial charge in [0.25, 0.3) is 0 Å². The van der Waals surface area contributed by atoms with Gasteiger partial charge in [0.05, 0.1) is 5.41 Å². The van der Waals surface area contributed by atoms with Gasteiger partial charge in [0.1, 0.15) is 0 Å². The highest BCUT2D eigenvalue weighted by molar-refractivity contribution is 5.73. The summed E-state index contributed by atoms with van der Waals surface area (Å²) >= 11 is 0. The van der Waals surface area contributed by atoms with E-state index in [1.807, 2.05) is 13.8 Å². The largest absolute Gasteiger partial charge is 0.481 e. The number of carboxylic acid groups (broad SMARTS) is 1. The summed E-state index contributed by atoms with van der Waals surface area (Å²) in [5, 5.41) is 9.05. The van der Waals surface area contributed by atoms with Crippen molar-refractivity contribution in [3.8, 4) is 0 Å². The van der Waals surface area contributed by atoms with Crippen LogP contribution in [0.4, 0.5) is 0 Å². The molecule has 0 spiro atoms. The Bertz CT molecular complexity index is 284. The molecule has 0 amide bonds. The van der Waals surface area contributed by atoms with Crippen molar-refractivity contribution in [1.82, 2.24) is 4.90 Å². The molecule has 0 saturated carbocycles. The molecule has 1 saturated heterocycles. The topological polar surface area (TPSA) is 40.5 Å². The number of unbranched alkanes of at least 4 members (excludes halogenated alkanes) is 1. The summed E-state index contributed by atoms with van der Waals surface area (Å²) in [7, 11) is 0. The fraction of sp³-hybridized carbons (Fsp3) is 0.933. The Morgan fingerprint density at radius 1 is 1.33 bits per heavy atom. The van der Waals surface area contributed by atoms with Gasteiger partial charge >= 0.3 is 5.97 Å². The van der Waals surface area contributed by atoms with Crippen molar-refractivity contribution < 1.29 is 9.90 Å². The smallest absolute Gasteiger partial charge is 0.309 e. The SMILES string of the molecule is CC1(C)CCCN(CCCCC(C)(C)C(=O)O)C1. The van der Waals surface area contributed by atoms with E-state index in [0.29, 0.717) is 5.41 Å². The quantitative estimate of drug-likeness (QED) is 0.740. The molecule has 3 nitrogen and oxygen atoms in total. The second-order valence-corrected chi connectivity index (χ2v) is 7.19. The lowest BCUT2D eigenvalue weighted by Crippen LogP contribution is -2.40. The molecular formula is C15H29NO2. The van der Waals surface area contributed by atoms with Gasteiger partial charge in [-0.15, -0.1) is 0 Å². The van der Waals surface area contributed by atoms with Gasteiger partial charge in [0.2, 0.25) is 0 Å². The summed E-state index contributed by atoms with van der Waals surface area (Å²) in [6.45, 7) is 11.8. The minimum atomic E-state index is -0.679. The first-order valence-corrected chi connectivity index (χ1v) is 7.19. The maximum atomic E-state index is 11.0. The molecule has 1 fully saturated rings. The Kier molecular flexibility index (Phi) is 5.20. The normalized spacial score (nSPS) is 20.9. The van der Waals surface area contributed by atoms with Crippen LogP contribution in [0.3, 0.4) is 0 Å². The van der Waals surface area contributed by atoms with Crippen LogP contribution in [0.5, 0.6) is 0 Å². The average molecular weight is 255 g/mol. The summed E-state index contributed by atoms with van der Waals surface area (Å²) in [5.74, 6) is -0.679. The third-order valence-corrected chi connectivity index (χ3v) is 4.08. The van der Waals surface area contributed by atoms with Crippen LogP contribution in [0, 0.1) is 10.8 Å². The van der Waals surface area contributed by atoms with E-state index in [4.69, 9.17) is 5.11 Å². The highest BCUT2D eigenvalue weighted by atomic mass is 16.4. The van der Waals surface area contributed by atoms with Gasteiger partial charge in [-0.3, -0.25) is 4.79 Å². The Hall–Kier alpha value is -0.570. The Morgan fingerprint density at radius 2 is 2.00 bits per heavy atom. The lowest BCUT2D eigenvalue weighted by Gasteiger charge is -2.38. The van der Waals surface area contributed by atoms with Gasteiger partial charge in [-0.25, -0.2) is 0 Å². The summed E-state index contributed by atoms with van der Waals surface area (Å²) in [6.07, 6.45) is 5.53. The van der Waals surface area contributed by atoms with E-state index in [2.05, 4.69) is 18.7 Å². The summed E-state index contributed by atoms with van der Waals surface area (Å²) in [5.41, 5.74) is -0.111. The number of carboxylic acids is 1. The Balaban J connectivity index is 2.20. The van der Waals surface area contributed by atoms with Crippen LogP contribution in [0.25, 0.3) is 0 Å². The van der Waals surface area contributed by atoms with E-state index in [9.17, 15) is 4.79 Å². The predicted octanol–water partition coefficient (Wildman–Crippen LogP) is 3.39. The van der Waals surface area contributed by atoms with Gasteiger partial charge in [0, 0.05) is 6.54 Å². The van der Waals surface area contributed by atoms with E-state index in [1.165, 1.54) is 25.9 Å². The maximum Gasteiger partial charge on any atom is 0.309 e. The van der Waals surface area contributed by atoms with E-state index >= 15 is 0 Å². The molecule has 0 atom stereocenters. The minimum Gasteiger partial charge on any atom is -0.481 e. The Morgan fingerprint density at radius 3 is 2.56 bits per heavy atom. The molecule has 0 aromatic carbocycles. The molecule has 0 bridgehead atoms. The number of likely N-dealkylation sites (tertiary alicyclic amines) is 1. The van der Waals surface area contributed by atoms with E-state index in [0.717, 1.165) is 25.8 Å². The summed E-state index contributed by atoms with van der Waals surface area (Å²) < 4.78 is 0. The van der Waals surface area contributed by atoms with E-state index < -0.39 is 11.4 Å².